The van der Waals surface area contributed by atoms with Gasteiger partial charge in [0.05, 0.1) is 0 Å². The Labute approximate surface area is 129 Å². The fraction of sp³-hybridized carbons (Fsp3) is 0.562. The first-order chi connectivity index (χ1) is 10.2. The van der Waals surface area contributed by atoms with Gasteiger partial charge in [0.25, 0.3) is 6.43 Å². The van der Waals surface area contributed by atoms with Crippen LogP contribution < -0.4 is 5.73 Å². The fourth-order valence-corrected chi connectivity index (χ4v) is 2.58. The summed E-state index contributed by atoms with van der Waals surface area (Å²) in [6.45, 7) is 6.13. The highest BCUT2D eigenvalue weighted by molar-refractivity contribution is 5.69. The summed E-state index contributed by atoms with van der Waals surface area (Å²) in [4.78, 5) is 13.6. The highest BCUT2D eigenvalue weighted by Crippen LogP contribution is 2.30. The second-order valence-corrected chi connectivity index (χ2v) is 6.63. The van der Waals surface area contributed by atoms with E-state index in [2.05, 4.69) is 0 Å². The van der Waals surface area contributed by atoms with Gasteiger partial charge in [-0.25, -0.2) is 13.6 Å². The minimum Gasteiger partial charge on any atom is -0.444 e. The smallest absolute Gasteiger partial charge is 0.410 e. The lowest BCUT2D eigenvalue weighted by molar-refractivity contribution is 0.0290. The summed E-state index contributed by atoms with van der Waals surface area (Å²) in [7, 11) is 0. The Morgan fingerprint density at radius 1 is 1.36 bits per heavy atom. The minimum atomic E-state index is -2.51. The van der Waals surface area contributed by atoms with E-state index in [0.29, 0.717) is 13.1 Å². The van der Waals surface area contributed by atoms with Gasteiger partial charge in [0.15, 0.2) is 0 Å². The zero-order valence-electron chi connectivity index (χ0n) is 13.1. The molecule has 1 saturated heterocycles. The number of carbonyl (C=O) groups excluding carboxylic acids is 1. The summed E-state index contributed by atoms with van der Waals surface area (Å²) in [6.07, 6.45) is -2.94. The Morgan fingerprint density at radius 3 is 2.64 bits per heavy atom. The Balaban J connectivity index is 2.11. The van der Waals surface area contributed by atoms with Gasteiger partial charge in [-0.05, 0) is 32.4 Å². The van der Waals surface area contributed by atoms with Gasteiger partial charge < -0.3 is 15.4 Å². The van der Waals surface area contributed by atoms with Crippen molar-refractivity contribution in [3.8, 4) is 0 Å². The Morgan fingerprint density at radius 2 is 2.05 bits per heavy atom. The molecule has 0 aliphatic carbocycles. The summed E-state index contributed by atoms with van der Waals surface area (Å²) >= 11 is 0. The van der Waals surface area contributed by atoms with E-state index >= 15 is 0 Å². The monoisotopic (exact) mass is 312 g/mol. The van der Waals surface area contributed by atoms with Gasteiger partial charge in [0, 0.05) is 30.6 Å². The Bertz CT molecular complexity index is 543. The highest BCUT2D eigenvalue weighted by Gasteiger charge is 2.36. The molecule has 2 N–H and O–H groups in total. The maximum Gasteiger partial charge on any atom is 0.410 e. The van der Waals surface area contributed by atoms with E-state index in [-0.39, 0.29) is 17.5 Å². The van der Waals surface area contributed by atoms with E-state index in [1.54, 1.807) is 32.9 Å². The number of rotatable bonds is 2. The zero-order valence-corrected chi connectivity index (χ0v) is 13.1. The van der Waals surface area contributed by atoms with Crippen LogP contribution in [0.5, 0.6) is 0 Å². The third-order valence-electron chi connectivity index (χ3n) is 3.61. The number of halogens is 2. The largest absolute Gasteiger partial charge is 0.444 e. The normalized spacial score (nSPS) is 22.2. The number of ether oxygens (including phenoxy) is 1. The molecule has 2 atom stereocenters. The van der Waals surface area contributed by atoms with Crippen molar-refractivity contribution in [1.82, 2.24) is 4.90 Å². The van der Waals surface area contributed by atoms with Crippen molar-refractivity contribution in [1.29, 1.82) is 0 Å². The number of amides is 1. The van der Waals surface area contributed by atoms with Crippen molar-refractivity contribution in [3.63, 3.8) is 0 Å². The molecule has 1 aromatic carbocycles. The molecule has 0 aromatic heterocycles. The summed E-state index contributed by atoms with van der Waals surface area (Å²) < 4.78 is 30.9. The van der Waals surface area contributed by atoms with Gasteiger partial charge in [-0.15, -0.1) is 0 Å². The number of likely N-dealkylation sites (tertiary alicyclic amines) is 1. The lowest BCUT2D eigenvalue weighted by atomic mass is 9.93. The lowest BCUT2D eigenvalue weighted by Gasteiger charge is -2.24. The number of hydrogen-bond acceptors (Lipinski definition) is 3. The predicted molar refractivity (Wildman–Crippen MR) is 79.9 cm³/mol. The van der Waals surface area contributed by atoms with E-state index < -0.39 is 18.1 Å². The van der Waals surface area contributed by atoms with Crippen LogP contribution in [0.3, 0.4) is 0 Å². The fourth-order valence-electron chi connectivity index (χ4n) is 2.58. The first-order valence-electron chi connectivity index (χ1n) is 7.29. The van der Waals surface area contributed by atoms with Crippen molar-refractivity contribution in [3.05, 3.63) is 35.4 Å². The maximum atomic E-state index is 12.8. The van der Waals surface area contributed by atoms with Crippen LogP contribution in [0.4, 0.5) is 13.6 Å². The van der Waals surface area contributed by atoms with Crippen LogP contribution in [0.15, 0.2) is 24.3 Å². The van der Waals surface area contributed by atoms with Crippen LogP contribution in [-0.2, 0) is 4.74 Å². The zero-order chi connectivity index (χ0) is 16.5. The number of hydrogen-bond donors (Lipinski definition) is 1. The van der Waals surface area contributed by atoms with Gasteiger partial charge >= 0.3 is 6.09 Å². The number of nitrogens with zero attached hydrogens (tertiary/aromatic N) is 1. The van der Waals surface area contributed by atoms with Crippen LogP contribution in [0, 0.1) is 0 Å². The van der Waals surface area contributed by atoms with Crippen LogP contribution in [0.25, 0.3) is 0 Å². The van der Waals surface area contributed by atoms with E-state index in [1.165, 1.54) is 17.0 Å². The first kappa shape index (κ1) is 16.7. The van der Waals surface area contributed by atoms with Gasteiger partial charge in [-0.1, -0.05) is 18.2 Å². The first-order valence-corrected chi connectivity index (χ1v) is 7.29. The summed E-state index contributed by atoms with van der Waals surface area (Å²) in [5.74, 6) is -0.161. The van der Waals surface area contributed by atoms with E-state index in [1.807, 2.05) is 0 Å². The molecule has 0 radical (unpaired) electrons. The second-order valence-electron chi connectivity index (χ2n) is 6.63. The maximum absolute atomic E-state index is 12.8. The molecule has 0 bridgehead atoms. The minimum absolute atomic E-state index is 0.0274. The number of alkyl halides is 2. The molecule has 0 spiro atoms. The topological polar surface area (TPSA) is 55.6 Å². The highest BCUT2D eigenvalue weighted by atomic mass is 19.3. The van der Waals surface area contributed by atoms with E-state index in [9.17, 15) is 13.6 Å². The Kier molecular flexibility index (Phi) is 4.70. The molecule has 4 nitrogen and oxygen atoms in total. The molecule has 0 unspecified atom stereocenters. The standard InChI is InChI=1S/C16H22F2N2O2/c1-16(2,3)22-15(21)20-8-12(13(19)9-20)10-5-4-6-11(7-10)14(17)18/h4-7,12-14H,8-9,19H2,1-3H3/t12-,13-/m0/s1. The van der Waals surface area contributed by atoms with Crippen LogP contribution >= 0.6 is 0 Å². The molecular weight excluding hydrogens is 290 g/mol. The van der Waals surface area contributed by atoms with Gasteiger partial charge in [0.1, 0.15) is 5.60 Å². The van der Waals surface area contributed by atoms with Crippen LogP contribution in [-0.4, -0.2) is 35.7 Å². The van der Waals surface area contributed by atoms with Crippen LogP contribution in [0.1, 0.15) is 44.2 Å². The van der Waals surface area contributed by atoms with Crippen molar-refractivity contribution < 1.29 is 18.3 Å². The molecule has 1 aromatic rings. The summed E-state index contributed by atoms with van der Waals surface area (Å²) in [6, 6.07) is 5.93. The summed E-state index contributed by atoms with van der Waals surface area (Å²) in [5.41, 5.74) is 6.22. The molecular formula is C16H22F2N2O2. The van der Waals surface area contributed by atoms with Crippen molar-refractivity contribution in [2.75, 3.05) is 13.1 Å². The molecule has 1 aliphatic heterocycles. The molecule has 22 heavy (non-hydrogen) atoms. The molecule has 0 saturated carbocycles. The van der Waals surface area contributed by atoms with Gasteiger partial charge in [-0.2, -0.15) is 0 Å². The average molecular weight is 312 g/mol. The summed E-state index contributed by atoms with van der Waals surface area (Å²) in [5, 5.41) is 0. The number of nitrogens with two attached hydrogens (primary N) is 1. The molecule has 1 fully saturated rings. The molecule has 2 rings (SSSR count). The number of carbonyl (C=O) groups is 1. The van der Waals surface area contributed by atoms with Crippen molar-refractivity contribution >= 4 is 6.09 Å². The van der Waals surface area contributed by atoms with Crippen molar-refractivity contribution in [2.45, 2.75) is 44.8 Å². The average Bonchev–Trinajstić information content (AvgIpc) is 2.79. The van der Waals surface area contributed by atoms with Gasteiger partial charge in [0.2, 0.25) is 0 Å². The molecule has 122 valence electrons. The number of benzene rings is 1. The molecule has 6 heteroatoms. The second kappa shape index (κ2) is 6.20. The van der Waals surface area contributed by atoms with E-state index in [0.717, 1.165) is 5.56 Å². The third-order valence-corrected chi connectivity index (χ3v) is 3.61. The molecule has 1 aliphatic rings. The molecule has 1 amide bonds. The van der Waals surface area contributed by atoms with Crippen LogP contribution in [0.2, 0.25) is 0 Å². The van der Waals surface area contributed by atoms with E-state index in [4.69, 9.17) is 10.5 Å². The lowest BCUT2D eigenvalue weighted by Crippen LogP contribution is -2.36. The third kappa shape index (κ3) is 3.94. The molecule has 1 heterocycles. The van der Waals surface area contributed by atoms with Gasteiger partial charge in [-0.3, -0.25) is 0 Å². The quantitative estimate of drug-likeness (QED) is 0.911. The predicted octanol–water partition coefficient (Wildman–Crippen LogP) is 3.29. The SMILES string of the molecule is CC(C)(C)OC(=O)N1C[C@H](N)[C@H](c2cccc(C(F)F)c2)C1. The Hall–Kier alpha value is -1.69. The van der Waals surface area contributed by atoms with Crippen molar-refractivity contribution in [2.24, 2.45) is 5.73 Å².